The van der Waals surface area contributed by atoms with Gasteiger partial charge in [-0.2, -0.15) is 0 Å². The first-order chi connectivity index (χ1) is 25.2. The van der Waals surface area contributed by atoms with Crippen LogP contribution in [-0.2, 0) is 0 Å². The van der Waals surface area contributed by atoms with E-state index in [1.165, 1.54) is 20.2 Å². The van der Waals surface area contributed by atoms with Crippen LogP contribution in [0.2, 0.25) is 0 Å². The van der Waals surface area contributed by atoms with E-state index in [0.29, 0.717) is 17.5 Å². The zero-order valence-corrected chi connectivity index (χ0v) is 27.8. The molecule has 0 amide bonds. The summed E-state index contributed by atoms with van der Waals surface area (Å²) in [4.78, 5) is 15.0. The van der Waals surface area contributed by atoms with Crippen LogP contribution in [-0.4, -0.2) is 15.0 Å². The Labute approximate surface area is 295 Å². The molecule has 51 heavy (non-hydrogen) atoms. The summed E-state index contributed by atoms with van der Waals surface area (Å²) in [6.45, 7) is 0. The van der Waals surface area contributed by atoms with Gasteiger partial charge in [0.05, 0.1) is 0 Å². The second kappa shape index (κ2) is 10.9. The van der Waals surface area contributed by atoms with Gasteiger partial charge in [-0.25, -0.2) is 15.0 Å². The van der Waals surface area contributed by atoms with Crippen molar-refractivity contribution in [2.75, 3.05) is 0 Å². The highest BCUT2D eigenvalue weighted by molar-refractivity contribution is 7.25. The number of hydrogen-bond donors (Lipinski definition) is 0. The van der Waals surface area contributed by atoms with Gasteiger partial charge in [-0.3, -0.25) is 0 Å². The molecule has 0 saturated heterocycles. The Morgan fingerprint density at radius 2 is 0.941 bits per heavy atom. The minimum atomic E-state index is 0.591. The van der Waals surface area contributed by atoms with Crippen LogP contribution in [0.25, 0.3) is 109 Å². The van der Waals surface area contributed by atoms with Crippen molar-refractivity contribution in [3.63, 3.8) is 0 Å². The molecule has 4 aromatic heterocycles. The molecule has 0 aliphatic carbocycles. The molecule has 0 N–H and O–H groups in total. The first-order valence-corrected chi connectivity index (χ1v) is 17.7. The number of hydrogen-bond acceptors (Lipinski definition) is 6. The van der Waals surface area contributed by atoms with Crippen molar-refractivity contribution in [1.29, 1.82) is 0 Å². The third kappa shape index (κ3) is 4.50. The number of nitrogens with zero attached hydrogens (tertiary/aromatic N) is 3. The van der Waals surface area contributed by atoms with Gasteiger partial charge >= 0.3 is 0 Å². The second-order valence-corrected chi connectivity index (χ2v) is 13.9. The Morgan fingerprint density at radius 1 is 0.353 bits per heavy atom. The SMILES string of the molecule is c1ccc(-c2nc(-c3ccc4c(c3)oc3cc(-c5cccc6c5oc5ccccc56)ccc34)nc(-c3ccc4sc5ccccc5c4c3)n2)cc1. The zero-order valence-electron chi connectivity index (χ0n) is 27.0. The average Bonchev–Trinajstić information content (AvgIpc) is 3.88. The molecule has 0 saturated carbocycles. The number of benzene rings is 7. The van der Waals surface area contributed by atoms with Gasteiger partial charge in [0.2, 0.25) is 0 Å². The number of thiophene rings is 1. The molecule has 11 aromatic rings. The summed E-state index contributed by atoms with van der Waals surface area (Å²) in [5.74, 6) is 1.85. The normalized spacial score (nSPS) is 11.9. The van der Waals surface area contributed by atoms with E-state index in [0.717, 1.165) is 71.7 Å². The van der Waals surface area contributed by atoms with Crippen molar-refractivity contribution in [1.82, 2.24) is 15.0 Å². The van der Waals surface area contributed by atoms with Crippen molar-refractivity contribution in [2.45, 2.75) is 0 Å². The highest BCUT2D eigenvalue weighted by Crippen LogP contribution is 2.40. The second-order valence-electron chi connectivity index (χ2n) is 12.8. The lowest BCUT2D eigenvalue weighted by Gasteiger charge is -2.08. The van der Waals surface area contributed by atoms with Gasteiger partial charge in [0.1, 0.15) is 22.3 Å². The van der Waals surface area contributed by atoms with E-state index in [1.54, 1.807) is 11.3 Å². The minimum Gasteiger partial charge on any atom is -0.456 e. The molecule has 0 bridgehead atoms. The zero-order chi connectivity index (χ0) is 33.5. The standard InChI is InChI=1S/C45H25N3O2S/c1-2-9-26(10-3-1)43-46-44(28-19-22-41-36(23-28)34-12-5-7-16-40(34)51-41)48-45(47-43)29-18-21-33-32-20-17-27(24-38(32)49-39(33)25-29)30-13-8-14-35-31-11-4-6-15-37(31)50-42(30)35/h1-25H. The maximum atomic E-state index is 6.56. The number of para-hydroxylation sites is 2. The number of fused-ring (bicyclic) bond motifs is 9. The van der Waals surface area contributed by atoms with E-state index in [4.69, 9.17) is 23.8 Å². The van der Waals surface area contributed by atoms with Crippen molar-refractivity contribution < 1.29 is 8.83 Å². The highest BCUT2D eigenvalue weighted by Gasteiger charge is 2.17. The molecule has 0 radical (unpaired) electrons. The summed E-state index contributed by atoms with van der Waals surface area (Å²) in [6.07, 6.45) is 0. The van der Waals surface area contributed by atoms with Crippen LogP contribution in [0.15, 0.2) is 160 Å². The highest BCUT2D eigenvalue weighted by atomic mass is 32.1. The fourth-order valence-electron chi connectivity index (χ4n) is 7.27. The molecular formula is C45H25N3O2S. The van der Waals surface area contributed by atoms with Crippen LogP contribution in [0.5, 0.6) is 0 Å². The Kier molecular flexibility index (Phi) is 6.05. The molecule has 0 fully saturated rings. The summed E-state index contributed by atoms with van der Waals surface area (Å²) in [5.41, 5.74) is 8.16. The summed E-state index contributed by atoms with van der Waals surface area (Å²) >= 11 is 1.80. The summed E-state index contributed by atoms with van der Waals surface area (Å²) in [6, 6.07) is 52.2. The first-order valence-electron chi connectivity index (χ1n) is 16.8. The number of furan rings is 2. The maximum absolute atomic E-state index is 6.56. The third-order valence-electron chi connectivity index (χ3n) is 9.75. The topological polar surface area (TPSA) is 65.0 Å². The molecule has 0 aliphatic rings. The van der Waals surface area contributed by atoms with Crippen LogP contribution in [0.3, 0.4) is 0 Å². The number of aromatic nitrogens is 3. The molecule has 0 spiro atoms. The fraction of sp³-hybridized carbons (Fsp3) is 0. The van der Waals surface area contributed by atoms with Gasteiger partial charge in [0.15, 0.2) is 17.5 Å². The van der Waals surface area contributed by atoms with Crippen molar-refractivity contribution in [2.24, 2.45) is 0 Å². The van der Waals surface area contributed by atoms with Crippen LogP contribution >= 0.6 is 11.3 Å². The molecular weight excluding hydrogens is 647 g/mol. The summed E-state index contributed by atoms with van der Waals surface area (Å²) in [5, 5.41) is 6.75. The molecule has 5 nitrogen and oxygen atoms in total. The van der Waals surface area contributed by atoms with E-state index < -0.39 is 0 Å². The third-order valence-corrected chi connectivity index (χ3v) is 10.9. The van der Waals surface area contributed by atoms with Crippen molar-refractivity contribution >= 4 is 75.4 Å². The van der Waals surface area contributed by atoms with Gasteiger partial charge in [-0.05, 0) is 60.2 Å². The molecule has 11 rings (SSSR count). The van der Waals surface area contributed by atoms with Crippen LogP contribution in [0, 0.1) is 0 Å². The molecule has 6 heteroatoms. The van der Waals surface area contributed by atoms with E-state index in [-0.39, 0.29) is 0 Å². The van der Waals surface area contributed by atoms with Gasteiger partial charge in [0.25, 0.3) is 0 Å². The lowest BCUT2D eigenvalue weighted by molar-refractivity contribution is 0.668. The quantitative estimate of drug-likeness (QED) is 0.186. The van der Waals surface area contributed by atoms with Crippen LogP contribution in [0.1, 0.15) is 0 Å². The molecule has 7 aromatic carbocycles. The molecule has 0 unspecified atom stereocenters. The smallest absolute Gasteiger partial charge is 0.164 e. The molecule has 4 heterocycles. The largest absolute Gasteiger partial charge is 0.456 e. The Bertz CT molecular complexity index is 3160. The average molecular weight is 672 g/mol. The molecule has 0 atom stereocenters. The van der Waals surface area contributed by atoms with Gasteiger partial charge in [0, 0.05) is 64.0 Å². The van der Waals surface area contributed by atoms with Crippen LogP contribution in [0.4, 0.5) is 0 Å². The first kappa shape index (κ1) is 28.2. The van der Waals surface area contributed by atoms with E-state index in [2.05, 4.69) is 97.1 Å². The maximum Gasteiger partial charge on any atom is 0.164 e. The van der Waals surface area contributed by atoms with Gasteiger partial charge in [-0.1, -0.05) is 97.1 Å². The predicted molar refractivity (Wildman–Crippen MR) is 209 cm³/mol. The van der Waals surface area contributed by atoms with E-state index >= 15 is 0 Å². The Morgan fingerprint density at radius 3 is 1.76 bits per heavy atom. The van der Waals surface area contributed by atoms with Crippen molar-refractivity contribution in [3.05, 3.63) is 152 Å². The van der Waals surface area contributed by atoms with Gasteiger partial charge < -0.3 is 8.83 Å². The summed E-state index contributed by atoms with van der Waals surface area (Å²) < 4.78 is 15.4. The predicted octanol–water partition coefficient (Wildman–Crippen LogP) is 12.7. The van der Waals surface area contributed by atoms with Gasteiger partial charge in [-0.15, -0.1) is 11.3 Å². The Hall–Kier alpha value is -6.63. The molecule has 238 valence electrons. The van der Waals surface area contributed by atoms with Crippen LogP contribution < -0.4 is 0 Å². The lowest BCUT2D eigenvalue weighted by atomic mass is 10.0. The van der Waals surface area contributed by atoms with Crippen molar-refractivity contribution in [3.8, 4) is 45.3 Å². The number of rotatable bonds is 4. The monoisotopic (exact) mass is 671 g/mol. The van der Waals surface area contributed by atoms with E-state index in [9.17, 15) is 0 Å². The minimum absolute atomic E-state index is 0.591. The summed E-state index contributed by atoms with van der Waals surface area (Å²) in [7, 11) is 0. The fourth-order valence-corrected chi connectivity index (χ4v) is 8.36. The lowest BCUT2D eigenvalue weighted by Crippen LogP contribution is -2.00. The van der Waals surface area contributed by atoms with E-state index in [1.807, 2.05) is 54.6 Å². The molecule has 0 aliphatic heterocycles. The Balaban J connectivity index is 1.04.